The van der Waals surface area contributed by atoms with Gasteiger partial charge in [-0.2, -0.15) is 0 Å². The van der Waals surface area contributed by atoms with Crippen molar-refractivity contribution in [2.24, 2.45) is 0 Å². The molecule has 0 radical (unpaired) electrons. The van der Waals surface area contributed by atoms with Crippen molar-refractivity contribution >= 4 is 50.8 Å². The highest BCUT2D eigenvalue weighted by Crippen LogP contribution is 2.40. The fraction of sp³-hybridized carbons (Fsp3) is 0.190. The highest BCUT2D eigenvalue weighted by Gasteiger charge is 2.45. The van der Waals surface area contributed by atoms with E-state index in [2.05, 4.69) is 5.32 Å². The van der Waals surface area contributed by atoms with Crippen LogP contribution in [0, 0.1) is 21.0 Å². The second-order valence-corrected chi connectivity index (χ2v) is 10.5. The van der Waals surface area contributed by atoms with Crippen LogP contribution >= 0.6 is 33.5 Å². The molecule has 9 heteroatoms. The third-order valence-corrected chi connectivity index (χ3v) is 7.65. The number of nitrogens with one attached hydrogen (secondary N) is 1. The lowest BCUT2D eigenvalue weighted by Gasteiger charge is -2.47. The Labute approximate surface area is 187 Å². The first-order valence-corrected chi connectivity index (χ1v) is 11.8. The van der Waals surface area contributed by atoms with Gasteiger partial charge < -0.3 is 15.3 Å². The Morgan fingerprint density at radius 3 is 2.50 bits per heavy atom. The van der Waals surface area contributed by atoms with Gasteiger partial charge in [-0.15, -0.1) is 0 Å². The number of amides is 1. The maximum atomic E-state index is 14.5. The smallest absolute Gasteiger partial charge is 0.256 e. The van der Waals surface area contributed by atoms with E-state index in [0.29, 0.717) is 9.32 Å². The van der Waals surface area contributed by atoms with E-state index in [-0.39, 0.29) is 24.3 Å². The molecule has 2 heterocycles. The lowest BCUT2D eigenvalue weighted by atomic mass is 9.95. The van der Waals surface area contributed by atoms with E-state index >= 15 is 0 Å². The van der Waals surface area contributed by atoms with E-state index in [9.17, 15) is 23.1 Å². The molecule has 0 saturated carbocycles. The van der Waals surface area contributed by atoms with Crippen molar-refractivity contribution in [3.63, 3.8) is 0 Å². The van der Waals surface area contributed by atoms with Gasteiger partial charge in [0.1, 0.15) is 11.4 Å². The molecule has 1 fully saturated rings. The van der Waals surface area contributed by atoms with Gasteiger partial charge in [0.15, 0.2) is 11.6 Å². The Bertz CT molecular complexity index is 1060. The third-order valence-electron chi connectivity index (χ3n) is 4.92. The zero-order valence-corrected chi connectivity index (χ0v) is 18.6. The van der Waals surface area contributed by atoms with Crippen LogP contribution in [0.5, 0.6) is 0 Å². The van der Waals surface area contributed by atoms with Gasteiger partial charge in [-0.25, -0.2) is 24.1 Å². The maximum Gasteiger partial charge on any atom is 0.256 e. The Morgan fingerprint density at radius 1 is 1.13 bits per heavy atom. The number of nitrogens with zero attached hydrogens (tertiary/aromatic N) is 1. The summed E-state index contributed by atoms with van der Waals surface area (Å²) in [7, 11) is -0.549. The van der Waals surface area contributed by atoms with Gasteiger partial charge in [-0.1, -0.05) is 12.2 Å². The van der Waals surface area contributed by atoms with Crippen molar-refractivity contribution in [2.75, 3.05) is 24.2 Å². The monoisotopic (exact) mass is 546 g/mol. The van der Waals surface area contributed by atoms with Gasteiger partial charge in [-0.3, -0.25) is 4.79 Å². The molecule has 2 aromatic rings. The second-order valence-electron chi connectivity index (χ2n) is 7.27. The molecule has 2 aromatic carbocycles. The Morgan fingerprint density at radius 2 is 1.83 bits per heavy atom. The van der Waals surface area contributed by atoms with Gasteiger partial charge in [0.2, 0.25) is 0 Å². The Hall–Kier alpha value is -1.98. The van der Waals surface area contributed by atoms with Crippen LogP contribution in [0.25, 0.3) is 0 Å². The summed E-state index contributed by atoms with van der Waals surface area (Å²) in [4.78, 5) is 14.3. The van der Waals surface area contributed by atoms with Crippen LogP contribution in [0.15, 0.2) is 53.3 Å². The molecule has 2 N–H and O–H groups in total. The van der Waals surface area contributed by atoms with Crippen LogP contribution in [0.2, 0.25) is 0 Å². The zero-order chi connectivity index (χ0) is 21.5. The third kappa shape index (κ3) is 4.23. The number of halogens is 4. The molecule has 2 aliphatic rings. The first-order valence-electron chi connectivity index (χ1n) is 9.08. The summed E-state index contributed by atoms with van der Waals surface area (Å²) in [5.41, 5.74) is -1.63. The van der Waals surface area contributed by atoms with Gasteiger partial charge in [0, 0.05) is 9.32 Å². The lowest BCUT2D eigenvalue weighted by molar-refractivity contribution is -0.0633. The minimum Gasteiger partial charge on any atom is -0.385 e. The number of aliphatic hydroxyl groups is 1. The van der Waals surface area contributed by atoms with Gasteiger partial charge in [0.25, 0.3) is 5.91 Å². The number of thiol groups is 1. The average molecular weight is 546 g/mol. The number of rotatable bonds is 5. The molecule has 0 unspecified atom stereocenters. The first-order chi connectivity index (χ1) is 14.3. The number of hydrogen-bond donors (Lipinski definition) is 3. The zero-order valence-electron chi connectivity index (χ0n) is 15.6. The summed E-state index contributed by atoms with van der Waals surface area (Å²) in [6, 6.07) is 6.26. The highest BCUT2D eigenvalue weighted by molar-refractivity contribution is 14.1. The summed E-state index contributed by atoms with van der Waals surface area (Å²) >= 11 is 1.93. The van der Waals surface area contributed by atoms with Crippen LogP contribution in [0.4, 0.5) is 24.5 Å². The molecular weight excluding hydrogens is 528 g/mol. The van der Waals surface area contributed by atoms with Crippen LogP contribution in [-0.4, -0.2) is 40.4 Å². The Balaban J connectivity index is 1.55. The first kappa shape index (κ1) is 21.3. The summed E-state index contributed by atoms with van der Waals surface area (Å²) in [6.45, 7) is 0.200. The van der Waals surface area contributed by atoms with Gasteiger partial charge in [0.05, 0.1) is 30.0 Å². The number of hydrogen-bond acceptors (Lipinski definition) is 3. The molecule has 1 saturated heterocycles. The van der Waals surface area contributed by atoms with Gasteiger partial charge >= 0.3 is 0 Å². The van der Waals surface area contributed by atoms with E-state index in [1.165, 1.54) is 17.0 Å². The standard InChI is InChI=1S/C21H18F3IN2O2S/c22-15-5-4-14(19(18(15)24)26-17-6-3-13(25)9-16(17)23)20(28)27-10-21(29,11-27)12-30-7-1-2-8-30/h1-9,26,29-30H,10-12H2. The van der Waals surface area contributed by atoms with Crippen molar-refractivity contribution in [2.45, 2.75) is 5.60 Å². The summed E-state index contributed by atoms with van der Waals surface area (Å²) < 4.78 is 43.2. The van der Waals surface area contributed by atoms with Gasteiger partial charge in [-0.05, 0) is 63.7 Å². The topological polar surface area (TPSA) is 52.6 Å². The number of anilines is 2. The Kier molecular flexibility index (Phi) is 5.86. The molecule has 0 aliphatic carbocycles. The maximum absolute atomic E-state index is 14.5. The fourth-order valence-electron chi connectivity index (χ4n) is 3.47. The number of allylic oxidation sites excluding steroid dienone is 2. The van der Waals surface area contributed by atoms with E-state index in [1.807, 2.05) is 45.6 Å². The van der Waals surface area contributed by atoms with Crippen LogP contribution in [0.3, 0.4) is 0 Å². The molecule has 30 heavy (non-hydrogen) atoms. The SMILES string of the molecule is O=C(c1ccc(F)c(F)c1Nc1ccc(I)cc1F)N1CC(O)(C[SH]2C=CC=C2)C1. The average Bonchev–Trinajstić information content (AvgIpc) is 3.17. The minimum atomic E-state index is -1.26. The molecule has 0 bridgehead atoms. The lowest BCUT2D eigenvalue weighted by Crippen LogP contribution is -2.65. The second kappa shape index (κ2) is 8.27. The molecule has 1 amide bonds. The molecular formula is C21H18F3IN2O2S. The molecule has 0 aromatic heterocycles. The number of carbonyl (C=O) groups is 1. The predicted molar refractivity (Wildman–Crippen MR) is 122 cm³/mol. The quantitative estimate of drug-likeness (QED) is 0.377. The van der Waals surface area contributed by atoms with Crippen LogP contribution in [0.1, 0.15) is 10.4 Å². The predicted octanol–water partition coefficient (Wildman–Crippen LogP) is 4.68. The number of likely N-dealkylation sites (tertiary alicyclic amines) is 1. The molecule has 158 valence electrons. The summed E-state index contributed by atoms with van der Waals surface area (Å²) in [5.74, 6) is -3.09. The number of carbonyl (C=O) groups excluding carboxylic acids is 1. The van der Waals surface area contributed by atoms with Crippen molar-refractivity contribution in [3.05, 3.63) is 79.9 Å². The number of β-amino-alcohol motifs (C(OH)–C–C–N with tert-alkyl or cyclic N) is 1. The van der Waals surface area contributed by atoms with Crippen molar-refractivity contribution in [1.29, 1.82) is 0 Å². The minimum absolute atomic E-state index is 0.0725. The molecule has 0 spiro atoms. The van der Waals surface area contributed by atoms with E-state index in [1.54, 1.807) is 6.07 Å². The number of benzene rings is 2. The van der Waals surface area contributed by atoms with E-state index < -0.39 is 45.5 Å². The fourth-order valence-corrected chi connectivity index (χ4v) is 5.75. The van der Waals surface area contributed by atoms with Crippen LogP contribution in [-0.2, 0) is 0 Å². The largest absolute Gasteiger partial charge is 0.385 e. The van der Waals surface area contributed by atoms with Crippen molar-refractivity contribution in [3.8, 4) is 0 Å². The molecule has 2 aliphatic heterocycles. The van der Waals surface area contributed by atoms with Crippen molar-refractivity contribution in [1.82, 2.24) is 4.90 Å². The summed E-state index contributed by atoms with van der Waals surface area (Å²) in [5, 5.41) is 17.2. The highest BCUT2D eigenvalue weighted by atomic mass is 127. The normalized spacial score (nSPS) is 17.9. The molecule has 4 nitrogen and oxygen atoms in total. The van der Waals surface area contributed by atoms with E-state index in [0.717, 1.165) is 12.1 Å². The van der Waals surface area contributed by atoms with E-state index in [4.69, 9.17) is 0 Å². The molecule has 0 atom stereocenters. The summed E-state index contributed by atoms with van der Waals surface area (Å²) in [6.07, 6.45) is 3.86. The van der Waals surface area contributed by atoms with Crippen molar-refractivity contribution < 1.29 is 23.1 Å². The molecule has 4 rings (SSSR count). The van der Waals surface area contributed by atoms with Crippen LogP contribution < -0.4 is 5.32 Å².